The third kappa shape index (κ3) is 9.46. The van der Waals surface area contributed by atoms with Gasteiger partial charge in [-0.1, -0.05) is 0 Å². The van der Waals surface area contributed by atoms with Crippen molar-refractivity contribution < 1.29 is 58.4 Å². The predicted molar refractivity (Wildman–Crippen MR) is 44.0 cm³/mol. The SMILES string of the molecule is CC(O)C(=O)OC(C)C(=O)O.[Ca+2].[H-].[H-].[H-].[Na+]. The van der Waals surface area contributed by atoms with Gasteiger partial charge in [0.05, 0.1) is 0 Å². The van der Waals surface area contributed by atoms with Crippen LogP contribution < -0.4 is 29.6 Å². The van der Waals surface area contributed by atoms with Crippen molar-refractivity contribution in [1.29, 1.82) is 0 Å². The second-order valence-electron chi connectivity index (χ2n) is 2.09. The molecule has 0 spiro atoms. The Kier molecular flexibility index (Phi) is 14.7. The molecule has 0 radical (unpaired) electrons. The molecule has 0 saturated heterocycles. The van der Waals surface area contributed by atoms with Crippen LogP contribution in [-0.4, -0.2) is 72.1 Å². The smallest absolute Gasteiger partial charge is 1.00 e. The van der Waals surface area contributed by atoms with Gasteiger partial charge >= 0.3 is 79.2 Å². The molecule has 0 rings (SSSR count). The van der Waals surface area contributed by atoms with Gasteiger partial charge in [0.25, 0.3) is 0 Å². The van der Waals surface area contributed by atoms with Gasteiger partial charge in [-0.3, -0.25) is 0 Å². The molecule has 0 aromatic heterocycles. The van der Waals surface area contributed by atoms with Crippen LogP contribution in [0.4, 0.5) is 0 Å². The Hall–Kier alpha value is 1.16. The first-order chi connectivity index (χ1) is 4.95. The Bertz CT molecular complexity index is 184. The summed E-state index contributed by atoms with van der Waals surface area (Å²) in [6, 6.07) is 0. The molecule has 7 heteroatoms. The van der Waals surface area contributed by atoms with Crippen molar-refractivity contribution in [3.63, 3.8) is 0 Å². The molecule has 0 amide bonds. The summed E-state index contributed by atoms with van der Waals surface area (Å²) >= 11 is 0. The maximum atomic E-state index is 10.5. The number of rotatable bonds is 3. The average molecular weight is 228 g/mol. The summed E-state index contributed by atoms with van der Waals surface area (Å²) in [5.41, 5.74) is 0. The number of carbonyl (C=O) groups excluding carboxylic acids is 1. The Morgan fingerprint density at radius 1 is 1.38 bits per heavy atom. The zero-order valence-electron chi connectivity index (χ0n) is 11.0. The molecule has 0 aliphatic heterocycles. The van der Waals surface area contributed by atoms with E-state index in [0.717, 1.165) is 0 Å². The zero-order chi connectivity index (χ0) is 9.02. The largest absolute Gasteiger partial charge is 2.00 e. The van der Waals surface area contributed by atoms with Crippen LogP contribution in [0.15, 0.2) is 0 Å². The fourth-order valence-corrected chi connectivity index (χ4v) is 0.323. The first-order valence-corrected chi connectivity index (χ1v) is 3.06. The molecule has 0 aromatic rings. The summed E-state index contributed by atoms with van der Waals surface area (Å²) < 4.78 is 4.28. The molecule has 0 bridgehead atoms. The van der Waals surface area contributed by atoms with E-state index in [2.05, 4.69) is 4.74 Å². The van der Waals surface area contributed by atoms with Crippen molar-refractivity contribution in [2.75, 3.05) is 0 Å². The van der Waals surface area contributed by atoms with Crippen molar-refractivity contribution in [3.05, 3.63) is 0 Å². The van der Waals surface area contributed by atoms with E-state index in [9.17, 15) is 9.59 Å². The van der Waals surface area contributed by atoms with Crippen molar-refractivity contribution in [1.82, 2.24) is 0 Å². The van der Waals surface area contributed by atoms with Gasteiger partial charge in [0, 0.05) is 0 Å². The van der Waals surface area contributed by atoms with E-state index in [1.54, 1.807) is 0 Å². The number of esters is 1. The van der Waals surface area contributed by atoms with Crippen LogP contribution >= 0.6 is 0 Å². The number of hydrogen-bond donors (Lipinski definition) is 2. The van der Waals surface area contributed by atoms with Crippen molar-refractivity contribution in [2.24, 2.45) is 0 Å². The molecule has 0 aliphatic rings. The number of aliphatic hydroxyl groups excluding tert-OH is 1. The van der Waals surface area contributed by atoms with Crippen LogP contribution in [0.5, 0.6) is 0 Å². The molecule has 2 N–H and O–H groups in total. The van der Waals surface area contributed by atoms with Crippen LogP contribution in [0.1, 0.15) is 18.1 Å². The van der Waals surface area contributed by atoms with Gasteiger partial charge in [-0.05, 0) is 13.8 Å². The Morgan fingerprint density at radius 2 is 1.77 bits per heavy atom. The third-order valence-electron chi connectivity index (χ3n) is 0.982. The summed E-state index contributed by atoms with van der Waals surface area (Å²) in [4.78, 5) is 20.6. The average Bonchev–Trinajstić information content (AvgIpc) is 1.87. The molecular formula is C6H13CaNaO5. The minimum absolute atomic E-state index is 0. The van der Waals surface area contributed by atoms with Gasteiger partial charge in [0.2, 0.25) is 0 Å². The summed E-state index contributed by atoms with van der Waals surface area (Å²) in [5.74, 6) is -2.17. The predicted octanol–water partition coefficient (Wildman–Crippen LogP) is -3.66. The van der Waals surface area contributed by atoms with E-state index in [4.69, 9.17) is 10.2 Å². The monoisotopic (exact) mass is 228 g/mol. The van der Waals surface area contributed by atoms with E-state index in [0.29, 0.717) is 0 Å². The van der Waals surface area contributed by atoms with Gasteiger partial charge in [0.15, 0.2) is 6.10 Å². The van der Waals surface area contributed by atoms with Crippen LogP contribution in [0.25, 0.3) is 0 Å². The first kappa shape index (κ1) is 19.7. The summed E-state index contributed by atoms with van der Waals surface area (Å²) in [5, 5.41) is 16.8. The number of carboxylic acids is 1. The van der Waals surface area contributed by atoms with Crippen molar-refractivity contribution in [3.8, 4) is 0 Å². The van der Waals surface area contributed by atoms with Gasteiger partial charge in [-0.25, -0.2) is 9.59 Å². The minimum atomic E-state index is -1.28. The minimum Gasteiger partial charge on any atom is -1.00 e. The maximum Gasteiger partial charge on any atom is 2.00 e. The third-order valence-corrected chi connectivity index (χ3v) is 0.982. The van der Waals surface area contributed by atoms with Crippen molar-refractivity contribution >= 4 is 49.7 Å². The summed E-state index contributed by atoms with van der Waals surface area (Å²) in [7, 11) is 0. The van der Waals surface area contributed by atoms with Gasteiger partial charge in [0.1, 0.15) is 6.10 Å². The Morgan fingerprint density at radius 3 is 2.00 bits per heavy atom. The van der Waals surface area contributed by atoms with E-state index in [1.165, 1.54) is 13.8 Å². The van der Waals surface area contributed by atoms with Crippen LogP contribution in [0.3, 0.4) is 0 Å². The molecule has 13 heavy (non-hydrogen) atoms. The molecule has 0 saturated carbocycles. The number of aliphatic carboxylic acids is 1. The first-order valence-electron chi connectivity index (χ1n) is 3.06. The van der Waals surface area contributed by atoms with Crippen LogP contribution in [-0.2, 0) is 14.3 Å². The molecule has 2 atom stereocenters. The molecular weight excluding hydrogens is 215 g/mol. The topological polar surface area (TPSA) is 83.8 Å². The Balaban J connectivity index is -0.0000000500. The Labute approximate surface area is 133 Å². The molecule has 0 fully saturated rings. The fraction of sp³-hybridized carbons (Fsp3) is 0.667. The molecule has 70 valence electrons. The number of carbonyl (C=O) groups is 2. The summed E-state index contributed by atoms with van der Waals surface area (Å²) in [6.07, 6.45) is -2.49. The molecule has 0 aliphatic carbocycles. The van der Waals surface area contributed by atoms with E-state index < -0.39 is 24.1 Å². The van der Waals surface area contributed by atoms with Crippen molar-refractivity contribution in [2.45, 2.75) is 26.1 Å². The van der Waals surface area contributed by atoms with E-state index >= 15 is 0 Å². The van der Waals surface area contributed by atoms with Gasteiger partial charge in [-0.2, -0.15) is 0 Å². The molecule has 0 heterocycles. The normalized spacial score (nSPS) is 12.8. The number of carboxylic acid groups (broad SMARTS) is 1. The molecule has 5 nitrogen and oxygen atoms in total. The standard InChI is InChI=1S/C6H10O5.Ca.Na.3H/c1-3(7)6(10)11-4(2)5(8)9;;;;;/h3-4,7H,1-2H3,(H,8,9);;;;;/q;+2;+1;3*-1. The van der Waals surface area contributed by atoms with Gasteiger partial charge in [-0.15, -0.1) is 0 Å². The van der Waals surface area contributed by atoms with Gasteiger partial charge < -0.3 is 19.2 Å². The second-order valence-corrected chi connectivity index (χ2v) is 2.09. The molecule has 0 aromatic carbocycles. The number of hydrogen-bond acceptors (Lipinski definition) is 4. The van der Waals surface area contributed by atoms with E-state index in [1.807, 2.05) is 0 Å². The fourth-order valence-electron chi connectivity index (χ4n) is 0.323. The van der Waals surface area contributed by atoms with Crippen LogP contribution in [0.2, 0.25) is 0 Å². The van der Waals surface area contributed by atoms with E-state index in [-0.39, 0.29) is 71.6 Å². The quantitative estimate of drug-likeness (QED) is 0.384. The number of ether oxygens (including phenoxy) is 1. The summed E-state index contributed by atoms with van der Waals surface area (Å²) in [6.45, 7) is 2.42. The molecule has 2 unspecified atom stereocenters. The maximum absolute atomic E-state index is 10.5. The second kappa shape index (κ2) is 9.70. The zero-order valence-corrected chi connectivity index (χ0v) is 12.2. The number of aliphatic hydroxyl groups is 1. The van der Waals surface area contributed by atoms with Crippen LogP contribution in [0, 0.1) is 0 Å².